The van der Waals surface area contributed by atoms with Crippen LogP contribution in [0.15, 0.2) is 42.6 Å². The number of nitrogens with zero attached hydrogens (tertiary/aromatic N) is 4. The fraction of sp³-hybridized carbons (Fsp3) is 0.286. The molecule has 1 aliphatic rings. The molecule has 1 aliphatic heterocycles. The van der Waals surface area contributed by atoms with E-state index in [0.29, 0.717) is 36.2 Å². The largest absolute Gasteiger partial charge is 0.435 e. The predicted octanol–water partition coefficient (Wildman–Crippen LogP) is 4.01. The smallest absolute Gasteiger partial charge is 0.332 e. The van der Waals surface area contributed by atoms with E-state index in [1.54, 1.807) is 23.1 Å². The summed E-state index contributed by atoms with van der Waals surface area (Å²) in [5.41, 5.74) is 2.17. The second-order valence-electron chi connectivity index (χ2n) is 7.14. The molecule has 8 heteroatoms. The highest BCUT2D eigenvalue weighted by Gasteiger charge is 2.38. The summed E-state index contributed by atoms with van der Waals surface area (Å²) in [5.74, 6) is -0.200. The van der Waals surface area contributed by atoms with Gasteiger partial charge in [-0.15, -0.1) is 0 Å². The molecule has 0 saturated heterocycles. The standard InChI is InChI=1S/C21H19F3N4O/c1-13-5-3-6-14(25-13)11-28-10-9-16-15(7-4-8-17(16)20(28)29)18-12-27(2)26-19(18)21(22,23)24/h3-8,12H,9-11H2,1-2H3. The van der Waals surface area contributed by atoms with Gasteiger partial charge in [0.25, 0.3) is 5.91 Å². The highest BCUT2D eigenvalue weighted by molar-refractivity contribution is 5.98. The van der Waals surface area contributed by atoms with Crippen molar-refractivity contribution in [3.8, 4) is 11.1 Å². The van der Waals surface area contributed by atoms with Gasteiger partial charge in [-0.2, -0.15) is 18.3 Å². The summed E-state index contributed by atoms with van der Waals surface area (Å²) in [6.45, 7) is 2.67. The average Bonchev–Trinajstić information content (AvgIpc) is 3.06. The first-order valence-electron chi connectivity index (χ1n) is 9.19. The molecule has 0 radical (unpaired) electrons. The number of aromatic nitrogens is 3. The quantitative estimate of drug-likeness (QED) is 0.668. The van der Waals surface area contributed by atoms with Crippen LogP contribution in [0.4, 0.5) is 13.2 Å². The summed E-state index contributed by atoms with van der Waals surface area (Å²) in [4.78, 5) is 19.1. The Morgan fingerprint density at radius 2 is 1.79 bits per heavy atom. The minimum Gasteiger partial charge on any atom is -0.332 e. The van der Waals surface area contributed by atoms with Gasteiger partial charge in [0.1, 0.15) is 0 Å². The van der Waals surface area contributed by atoms with Gasteiger partial charge in [0, 0.05) is 36.6 Å². The molecule has 4 rings (SSSR count). The van der Waals surface area contributed by atoms with E-state index in [2.05, 4.69) is 10.1 Å². The van der Waals surface area contributed by atoms with Crippen molar-refractivity contribution in [3.63, 3.8) is 0 Å². The molecule has 0 spiro atoms. The second kappa shape index (κ2) is 7.02. The molecule has 1 aromatic carbocycles. The first-order chi connectivity index (χ1) is 13.7. The number of carbonyl (C=O) groups is 1. The summed E-state index contributed by atoms with van der Waals surface area (Å²) in [5, 5.41) is 3.59. The first kappa shape index (κ1) is 19.2. The molecule has 1 amide bonds. The highest BCUT2D eigenvalue weighted by atomic mass is 19.4. The van der Waals surface area contributed by atoms with Crippen LogP contribution in [-0.4, -0.2) is 32.1 Å². The summed E-state index contributed by atoms with van der Waals surface area (Å²) < 4.78 is 41.5. The zero-order valence-electron chi connectivity index (χ0n) is 16.0. The lowest BCUT2D eigenvalue weighted by atomic mass is 9.90. The molecule has 2 aromatic heterocycles. The van der Waals surface area contributed by atoms with Gasteiger partial charge in [-0.25, -0.2) is 0 Å². The minimum atomic E-state index is -4.57. The van der Waals surface area contributed by atoms with Crippen LogP contribution in [0.2, 0.25) is 0 Å². The van der Waals surface area contributed by atoms with Crippen molar-refractivity contribution in [2.45, 2.75) is 26.1 Å². The molecule has 5 nitrogen and oxygen atoms in total. The maximum absolute atomic E-state index is 13.4. The summed E-state index contributed by atoms with van der Waals surface area (Å²) in [7, 11) is 1.45. The van der Waals surface area contributed by atoms with Crippen molar-refractivity contribution in [2.24, 2.45) is 7.05 Å². The molecule has 29 heavy (non-hydrogen) atoms. The lowest BCUT2D eigenvalue weighted by Gasteiger charge is -2.29. The van der Waals surface area contributed by atoms with Crippen molar-refractivity contribution in [1.29, 1.82) is 0 Å². The van der Waals surface area contributed by atoms with E-state index >= 15 is 0 Å². The van der Waals surface area contributed by atoms with Gasteiger partial charge in [-0.1, -0.05) is 18.2 Å². The molecule has 0 aliphatic carbocycles. The molecular formula is C21H19F3N4O. The molecular weight excluding hydrogens is 381 g/mol. The number of hydrogen-bond donors (Lipinski definition) is 0. The topological polar surface area (TPSA) is 51.0 Å². The van der Waals surface area contributed by atoms with Crippen LogP contribution in [0.5, 0.6) is 0 Å². The zero-order chi connectivity index (χ0) is 20.8. The van der Waals surface area contributed by atoms with Crippen LogP contribution in [0.25, 0.3) is 11.1 Å². The molecule has 3 aromatic rings. The Labute approximate surface area is 165 Å². The maximum Gasteiger partial charge on any atom is 0.435 e. The predicted molar refractivity (Wildman–Crippen MR) is 101 cm³/mol. The Kier molecular flexibility index (Phi) is 4.64. The Morgan fingerprint density at radius 3 is 2.52 bits per heavy atom. The summed E-state index contributed by atoms with van der Waals surface area (Å²) in [6.07, 6.45) is -2.75. The Hall–Kier alpha value is -3.16. The number of amides is 1. The molecule has 3 heterocycles. The van der Waals surface area contributed by atoms with Gasteiger partial charge in [0.2, 0.25) is 0 Å². The third kappa shape index (κ3) is 3.62. The second-order valence-corrected chi connectivity index (χ2v) is 7.14. The van der Waals surface area contributed by atoms with Crippen molar-refractivity contribution >= 4 is 5.91 Å². The average molecular weight is 400 g/mol. The van der Waals surface area contributed by atoms with Crippen LogP contribution in [0.3, 0.4) is 0 Å². The minimum absolute atomic E-state index is 0.00143. The van der Waals surface area contributed by atoms with Crippen LogP contribution >= 0.6 is 0 Å². The third-order valence-electron chi connectivity index (χ3n) is 5.01. The van der Waals surface area contributed by atoms with E-state index in [-0.39, 0.29) is 11.5 Å². The molecule has 0 saturated carbocycles. The molecule has 0 N–H and O–H groups in total. The number of alkyl halides is 3. The van der Waals surface area contributed by atoms with Gasteiger partial charge in [0.15, 0.2) is 5.69 Å². The van der Waals surface area contributed by atoms with Crippen LogP contribution in [-0.2, 0) is 26.2 Å². The fourth-order valence-electron chi connectivity index (χ4n) is 3.76. The lowest BCUT2D eigenvalue weighted by Crippen LogP contribution is -2.37. The molecule has 0 unspecified atom stereocenters. The van der Waals surface area contributed by atoms with E-state index in [1.807, 2.05) is 25.1 Å². The van der Waals surface area contributed by atoms with Gasteiger partial charge >= 0.3 is 6.18 Å². The molecule has 0 fully saturated rings. The van der Waals surface area contributed by atoms with Crippen LogP contribution in [0, 0.1) is 6.92 Å². The SMILES string of the molecule is Cc1cccc(CN2CCc3c(cccc3-c3cn(C)nc3C(F)(F)F)C2=O)n1. The van der Waals surface area contributed by atoms with Crippen molar-refractivity contribution in [1.82, 2.24) is 19.7 Å². The number of fused-ring (bicyclic) bond motifs is 1. The van der Waals surface area contributed by atoms with Gasteiger partial charge < -0.3 is 4.90 Å². The number of aryl methyl sites for hydroxylation is 2. The van der Waals surface area contributed by atoms with Crippen molar-refractivity contribution in [3.05, 3.63) is 70.8 Å². The Morgan fingerprint density at radius 1 is 1.07 bits per heavy atom. The molecule has 0 atom stereocenters. The van der Waals surface area contributed by atoms with Crippen LogP contribution < -0.4 is 0 Å². The van der Waals surface area contributed by atoms with Gasteiger partial charge in [-0.3, -0.25) is 14.5 Å². The first-order valence-corrected chi connectivity index (χ1v) is 9.19. The van der Waals surface area contributed by atoms with E-state index < -0.39 is 11.9 Å². The van der Waals surface area contributed by atoms with E-state index in [1.165, 1.54) is 13.2 Å². The van der Waals surface area contributed by atoms with E-state index in [4.69, 9.17) is 0 Å². The monoisotopic (exact) mass is 400 g/mol. The summed E-state index contributed by atoms with van der Waals surface area (Å²) in [6, 6.07) is 10.5. The number of halogens is 3. The number of rotatable bonds is 3. The van der Waals surface area contributed by atoms with Crippen molar-refractivity contribution in [2.75, 3.05) is 6.54 Å². The number of benzene rings is 1. The van der Waals surface area contributed by atoms with Crippen LogP contribution in [0.1, 0.15) is 33.0 Å². The molecule has 0 bridgehead atoms. The van der Waals surface area contributed by atoms with E-state index in [0.717, 1.165) is 16.1 Å². The Bertz CT molecular complexity index is 1090. The maximum atomic E-state index is 13.4. The fourth-order valence-corrected chi connectivity index (χ4v) is 3.76. The van der Waals surface area contributed by atoms with Gasteiger partial charge in [0.05, 0.1) is 12.2 Å². The number of hydrogen-bond acceptors (Lipinski definition) is 3. The number of carbonyl (C=O) groups excluding carboxylic acids is 1. The number of pyridine rings is 1. The third-order valence-corrected chi connectivity index (χ3v) is 5.01. The highest BCUT2D eigenvalue weighted by Crippen LogP contribution is 2.39. The summed E-state index contributed by atoms with van der Waals surface area (Å²) >= 11 is 0. The van der Waals surface area contributed by atoms with Crippen molar-refractivity contribution < 1.29 is 18.0 Å². The van der Waals surface area contributed by atoms with Gasteiger partial charge in [-0.05, 0) is 42.7 Å². The van der Waals surface area contributed by atoms with E-state index in [9.17, 15) is 18.0 Å². The molecule has 150 valence electrons. The normalized spacial score (nSPS) is 14.2. The lowest BCUT2D eigenvalue weighted by molar-refractivity contribution is -0.140. The Balaban J connectivity index is 1.71. The zero-order valence-corrected chi connectivity index (χ0v) is 16.0.